The van der Waals surface area contributed by atoms with Gasteiger partial charge in [-0.1, -0.05) is 5.57 Å². The number of hydrogen-bond acceptors (Lipinski definition) is 4. The molecule has 0 aromatic carbocycles. The number of carbonyl (C=O) groups is 1. The standard InChI is InChI=1S/C11H15NO3/c1-5-14-11(13)10-8(4)15-9(12-10)6-7(2)3/h6H,5H2,1-4H3. The normalized spacial score (nSPS) is 9.87. The van der Waals surface area contributed by atoms with Crippen LogP contribution in [0.25, 0.3) is 6.08 Å². The fourth-order valence-electron chi connectivity index (χ4n) is 1.11. The molecule has 1 rings (SSSR count). The van der Waals surface area contributed by atoms with E-state index in [-0.39, 0.29) is 5.69 Å². The van der Waals surface area contributed by atoms with Gasteiger partial charge >= 0.3 is 5.97 Å². The largest absolute Gasteiger partial charge is 0.461 e. The van der Waals surface area contributed by atoms with E-state index in [1.165, 1.54) is 0 Å². The van der Waals surface area contributed by atoms with E-state index in [9.17, 15) is 4.79 Å². The van der Waals surface area contributed by atoms with E-state index >= 15 is 0 Å². The molecule has 0 aliphatic heterocycles. The van der Waals surface area contributed by atoms with Crippen LogP contribution in [0.4, 0.5) is 0 Å². The number of allylic oxidation sites excluding steroid dienone is 1. The minimum atomic E-state index is -0.438. The van der Waals surface area contributed by atoms with Gasteiger partial charge in [0.05, 0.1) is 6.61 Å². The number of ether oxygens (including phenoxy) is 1. The van der Waals surface area contributed by atoms with Crippen molar-refractivity contribution in [1.82, 2.24) is 4.98 Å². The Morgan fingerprint density at radius 2 is 2.20 bits per heavy atom. The third kappa shape index (κ3) is 2.94. The third-order valence-electron chi connectivity index (χ3n) is 1.69. The molecule has 0 saturated heterocycles. The van der Waals surface area contributed by atoms with Crippen LogP contribution < -0.4 is 0 Å². The van der Waals surface area contributed by atoms with Crippen LogP contribution in [0.15, 0.2) is 9.99 Å². The maximum atomic E-state index is 11.4. The molecule has 0 N–H and O–H groups in total. The predicted octanol–water partition coefficient (Wildman–Crippen LogP) is 2.58. The molecule has 1 heterocycles. The maximum absolute atomic E-state index is 11.4. The van der Waals surface area contributed by atoms with Crippen molar-refractivity contribution < 1.29 is 13.9 Å². The summed E-state index contributed by atoms with van der Waals surface area (Å²) in [6.45, 7) is 7.65. The first-order valence-electron chi connectivity index (χ1n) is 4.84. The van der Waals surface area contributed by atoms with Crippen LogP contribution in [0.2, 0.25) is 0 Å². The Hall–Kier alpha value is -1.58. The van der Waals surface area contributed by atoms with E-state index in [0.717, 1.165) is 5.57 Å². The van der Waals surface area contributed by atoms with Crippen LogP contribution in [0.3, 0.4) is 0 Å². The van der Waals surface area contributed by atoms with Crippen molar-refractivity contribution in [2.24, 2.45) is 0 Å². The number of esters is 1. The lowest BCUT2D eigenvalue weighted by Gasteiger charge is -1.96. The SMILES string of the molecule is CCOC(=O)c1nc(C=C(C)C)oc1C. The zero-order valence-electron chi connectivity index (χ0n) is 9.46. The summed E-state index contributed by atoms with van der Waals surface area (Å²) in [6, 6.07) is 0. The summed E-state index contributed by atoms with van der Waals surface area (Å²) >= 11 is 0. The second-order valence-corrected chi connectivity index (χ2v) is 3.40. The highest BCUT2D eigenvalue weighted by Gasteiger charge is 2.16. The summed E-state index contributed by atoms with van der Waals surface area (Å²) in [6.07, 6.45) is 1.77. The van der Waals surface area contributed by atoms with Crippen molar-refractivity contribution in [1.29, 1.82) is 0 Å². The van der Waals surface area contributed by atoms with Crippen LogP contribution in [-0.2, 0) is 4.74 Å². The van der Waals surface area contributed by atoms with Crippen molar-refractivity contribution in [3.63, 3.8) is 0 Å². The zero-order chi connectivity index (χ0) is 11.4. The minimum absolute atomic E-state index is 0.254. The van der Waals surface area contributed by atoms with Crippen LogP contribution in [0.1, 0.15) is 42.9 Å². The van der Waals surface area contributed by atoms with Gasteiger partial charge in [0.2, 0.25) is 5.89 Å². The van der Waals surface area contributed by atoms with Gasteiger partial charge < -0.3 is 9.15 Å². The molecule has 0 spiro atoms. The summed E-state index contributed by atoms with van der Waals surface area (Å²) in [4.78, 5) is 15.5. The zero-order valence-corrected chi connectivity index (χ0v) is 9.46. The fourth-order valence-corrected chi connectivity index (χ4v) is 1.11. The Bertz CT molecular complexity index is 387. The molecule has 1 aromatic heterocycles. The van der Waals surface area contributed by atoms with Gasteiger partial charge in [0.15, 0.2) is 5.69 Å². The number of aromatic nitrogens is 1. The van der Waals surface area contributed by atoms with Crippen molar-refractivity contribution in [3.05, 3.63) is 22.9 Å². The average molecular weight is 209 g/mol. The van der Waals surface area contributed by atoms with Crippen LogP contribution in [-0.4, -0.2) is 17.6 Å². The third-order valence-corrected chi connectivity index (χ3v) is 1.69. The lowest BCUT2D eigenvalue weighted by Crippen LogP contribution is -2.06. The molecular weight excluding hydrogens is 194 g/mol. The molecule has 4 heteroatoms. The molecule has 82 valence electrons. The molecule has 0 atom stereocenters. The molecule has 0 unspecified atom stereocenters. The highest BCUT2D eigenvalue weighted by atomic mass is 16.5. The van der Waals surface area contributed by atoms with Crippen LogP contribution >= 0.6 is 0 Å². The number of carbonyl (C=O) groups excluding carboxylic acids is 1. The molecule has 0 fully saturated rings. The van der Waals surface area contributed by atoms with E-state index in [4.69, 9.17) is 9.15 Å². The summed E-state index contributed by atoms with van der Waals surface area (Å²) in [7, 11) is 0. The van der Waals surface area contributed by atoms with Crippen molar-refractivity contribution in [2.75, 3.05) is 6.61 Å². The van der Waals surface area contributed by atoms with Gasteiger partial charge in [-0.3, -0.25) is 0 Å². The highest BCUT2D eigenvalue weighted by molar-refractivity contribution is 5.88. The Morgan fingerprint density at radius 1 is 1.53 bits per heavy atom. The van der Waals surface area contributed by atoms with E-state index in [1.807, 2.05) is 13.8 Å². The van der Waals surface area contributed by atoms with E-state index in [1.54, 1.807) is 19.9 Å². The smallest absolute Gasteiger partial charge is 0.360 e. The number of nitrogens with zero attached hydrogens (tertiary/aromatic N) is 1. The van der Waals surface area contributed by atoms with Gasteiger partial charge in [0.25, 0.3) is 0 Å². The minimum Gasteiger partial charge on any atom is -0.461 e. The summed E-state index contributed by atoms with van der Waals surface area (Å²) in [5, 5.41) is 0. The van der Waals surface area contributed by atoms with E-state index < -0.39 is 5.97 Å². The summed E-state index contributed by atoms with van der Waals surface area (Å²) < 4.78 is 10.1. The molecule has 15 heavy (non-hydrogen) atoms. The molecule has 0 radical (unpaired) electrons. The molecule has 0 aliphatic carbocycles. The Morgan fingerprint density at radius 3 is 2.73 bits per heavy atom. The monoisotopic (exact) mass is 209 g/mol. The average Bonchev–Trinajstić information content (AvgIpc) is 2.46. The molecule has 0 aliphatic rings. The maximum Gasteiger partial charge on any atom is 0.360 e. The summed E-state index contributed by atoms with van der Waals surface area (Å²) in [5.74, 6) is 0.489. The number of oxazole rings is 1. The first-order chi connectivity index (χ1) is 7.04. The second kappa shape index (κ2) is 4.77. The topological polar surface area (TPSA) is 52.3 Å². The lowest BCUT2D eigenvalue weighted by atomic mass is 10.3. The number of rotatable bonds is 3. The quantitative estimate of drug-likeness (QED) is 0.718. The van der Waals surface area contributed by atoms with Crippen molar-refractivity contribution >= 4 is 12.0 Å². The first-order valence-corrected chi connectivity index (χ1v) is 4.84. The van der Waals surface area contributed by atoms with Gasteiger partial charge in [-0.15, -0.1) is 0 Å². The molecule has 0 bridgehead atoms. The lowest BCUT2D eigenvalue weighted by molar-refractivity contribution is 0.0518. The van der Waals surface area contributed by atoms with Crippen molar-refractivity contribution in [2.45, 2.75) is 27.7 Å². The molecule has 0 saturated carbocycles. The number of hydrogen-bond donors (Lipinski definition) is 0. The van der Waals surface area contributed by atoms with Gasteiger partial charge in [0, 0.05) is 0 Å². The Labute approximate surface area is 89.0 Å². The van der Waals surface area contributed by atoms with E-state index in [2.05, 4.69) is 4.98 Å². The van der Waals surface area contributed by atoms with Crippen LogP contribution in [0, 0.1) is 6.92 Å². The first kappa shape index (κ1) is 11.5. The van der Waals surface area contributed by atoms with Gasteiger partial charge in [-0.2, -0.15) is 0 Å². The summed E-state index contributed by atoms with van der Waals surface area (Å²) in [5.41, 5.74) is 1.32. The molecule has 0 amide bonds. The Balaban J connectivity index is 2.96. The van der Waals surface area contributed by atoms with Crippen LogP contribution in [0.5, 0.6) is 0 Å². The second-order valence-electron chi connectivity index (χ2n) is 3.40. The van der Waals surface area contributed by atoms with Gasteiger partial charge in [0.1, 0.15) is 5.76 Å². The Kier molecular flexibility index (Phi) is 3.66. The fraction of sp³-hybridized carbons (Fsp3) is 0.455. The molecule has 4 nitrogen and oxygen atoms in total. The number of aryl methyl sites for hydroxylation is 1. The highest BCUT2D eigenvalue weighted by Crippen LogP contribution is 2.13. The van der Waals surface area contributed by atoms with E-state index in [0.29, 0.717) is 18.3 Å². The van der Waals surface area contributed by atoms with Gasteiger partial charge in [-0.05, 0) is 33.8 Å². The molecular formula is C11H15NO3. The van der Waals surface area contributed by atoms with Gasteiger partial charge in [-0.25, -0.2) is 9.78 Å². The van der Waals surface area contributed by atoms with Crippen molar-refractivity contribution in [3.8, 4) is 0 Å². The molecule has 1 aromatic rings. The predicted molar refractivity (Wildman–Crippen MR) is 56.5 cm³/mol.